The molecule has 33 heavy (non-hydrogen) atoms. The molecule has 0 bridgehead atoms. The second-order valence-corrected chi connectivity index (χ2v) is 10.3. The van der Waals surface area contributed by atoms with Gasteiger partial charge in [-0.3, -0.25) is 4.79 Å². The van der Waals surface area contributed by atoms with E-state index in [2.05, 4.69) is 10.2 Å². The second kappa shape index (κ2) is 10.4. The van der Waals surface area contributed by atoms with E-state index in [9.17, 15) is 9.59 Å². The van der Waals surface area contributed by atoms with Gasteiger partial charge in [0.15, 0.2) is 0 Å². The third kappa shape index (κ3) is 6.69. The molecule has 0 aromatic heterocycles. The first-order valence-electron chi connectivity index (χ1n) is 10.7. The molecule has 1 N–H and O–H groups in total. The van der Waals surface area contributed by atoms with Crippen LogP contribution in [0.2, 0.25) is 15.1 Å². The lowest BCUT2D eigenvalue weighted by Crippen LogP contribution is -2.55. The van der Waals surface area contributed by atoms with Crippen molar-refractivity contribution in [3.8, 4) is 0 Å². The van der Waals surface area contributed by atoms with Gasteiger partial charge < -0.3 is 19.9 Å². The number of nitrogens with one attached hydrogen (secondary N) is 1. The van der Waals surface area contributed by atoms with Gasteiger partial charge in [0.1, 0.15) is 11.6 Å². The van der Waals surface area contributed by atoms with Crippen LogP contribution in [0, 0.1) is 0 Å². The first kappa shape index (κ1) is 25.5. The maximum atomic E-state index is 13.2. The lowest BCUT2D eigenvalue weighted by Gasteiger charge is -2.44. The van der Waals surface area contributed by atoms with Crippen molar-refractivity contribution in [2.45, 2.75) is 45.4 Å². The topological polar surface area (TPSA) is 61.9 Å². The van der Waals surface area contributed by atoms with Crippen molar-refractivity contribution in [2.75, 3.05) is 24.5 Å². The molecule has 0 spiro atoms. The molecule has 3 rings (SSSR count). The largest absolute Gasteiger partial charge is 0.444 e. The minimum Gasteiger partial charge on any atom is -0.444 e. The highest BCUT2D eigenvalue weighted by Gasteiger charge is 2.34. The lowest BCUT2D eigenvalue weighted by atomic mass is 10.0. The van der Waals surface area contributed by atoms with E-state index in [1.54, 1.807) is 44.7 Å². The first-order chi connectivity index (χ1) is 15.4. The molecule has 6 nitrogen and oxygen atoms in total. The van der Waals surface area contributed by atoms with Crippen molar-refractivity contribution in [3.05, 3.63) is 63.1 Å². The Morgan fingerprint density at radius 2 is 1.67 bits per heavy atom. The van der Waals surface area contributed by atoms with Crippen LogP contribution in [0.15, 0.2) is 42.5 Å². The molecule has 1 saturated heterocycles. The number of hydrogen-bond donors (Lipinski definition) is 1. The van der Waals surface area contributed by atoms with Crippen molar-refractivity contribution >= 4 is 52.5 Å². The molecule has 1 heterocycles. The highest BCUT2D eigenvalue weighted by Crippen LogP contribution is 2.37. The number of ether oxygens (including phenoxy) is 1. The van der Waals surface area contributed by atoms with Gasteiger partial charge in [0.25, 0.3) is 0 Å². The van der Waals surface area contributed by atoms with E-state index in [-0.39, 0.29) is 11.9 Å². The SMILES string of the molecule is C[C@H](NC(=O)OC(C)(C)C)C(=O)N1CCN(c2ccc(Cl)cc2Cl)[C@H](c2ccc(Cl)cc2)C1. The standard InChI is InChI=1S/C24H28Cl3N3O3/c1-15(28-23(32)33-24(2,3)4)22(31)29-11-12-30(20-10-9-18(26)13-19(20)27)21(14-29)16-5-7-17(25)8-6-16/h5-10,13,15,21H,11-12,14H2,1-4H3,(H,28,32)/t15-,21-/m0/s1. The number of rotatable bonds is 4. The van der Waals surface area contributed by atoms with Gasteiger partial charge in [-0.15, -0.1) is 0 Å². The molecule has 0 saturated carbocycles. The number of alkyl carbamates (subject to hydrolysis) is 1. The van der Waals surface area contributed by atoms with Crippen LogP contribution in [0.25, 0.3) is 0 Å². The molecule has 2 atom stereocenters. The first-order valence-corrected chi connectivity index (χ1v) is 11.8. The number of benzene rings is 2. The average molecular weight is 513 g/mol. The van der Waals surface area contributed by atoms with Crippen molar-refractivity contribution < 1.29 is 14.3 Å². The van der Waals surface area contributed by atoms with Crippen molar-refractivity contribution in [1.82, 2.24) is 10.2 Å². The summed E-state index contributed by atoms with van der Waals surface area (Å²) in [7, 11) is 0. The summed E-state index contributed by atoms with van der Waals surface area (Å²) in [6.45, 7) is 8.43. The summed E-state index contributed by atoms with van der Waals surface area (Å²) >= 11 is 18.7. The minimum absolute atomic E-state index is 0.160. The Kier molecular flexibility index (Phi) is 8.04. The Bertz CT molecular complexity index is 1010. The van der Waals surface area contributed by atoms with Crippen LogP contribution < -0.4 is 10.2 Å². The number of piperazine rings is 1. The number of halogens is 3. The van der Waals surface area contributed by atoms with Crippen LogP contribution in [0.1, 0.15) is 39.3 Å². The van der Waals surface area contributed by atoms with E-state index in [1.165, 1.54) is 0 Å². The molecule has 0 aliphatic carbocycles. The summed E-state index contributed by atoms with van der Waals surface area (Å²) in [6.07, 6.45) is -0.621. The average Bonchev–Trinajstić information content (AvgIpc) is 2.72. The van der Waals surface area contributed by atoms with E-state index in [4.69, 9.17) is 39.5 Å². The Labute approximate surface area is 209 Å². The molecule has 1 aliphatic rings. The number of anilines is 1. The molecule has 9 heteroatoms. The maximum absolute atomic E-state index is 13.2. The molecule has 2 amide bonds. The maximum Gasteiger partial charge on any atom is 0.408 e. The lowest BCUT2D eigenvalue weighted by molar-refractivity contribution is -0.133. The smallest absolute Gasteiger partial charge is 0.408 e. The number of amides is 2. The van der Waals surface area contributed by atoms with Gasteiger partial charge in [-0.25, -0.2) is 4.79 Å². The zero-order valence-corrected chi connectivity index (χ0v) is 21.3. The molecule has 0 radical (unpaired) electrons. The Balaban J connectivity index is 1.81. The predicted octanol–water partition coefficient (Wildman–Crippen LogP) is 5.95. The summed E-state index contributed by atoms with van der Waals surface area (Å²) < 4.78 is 5.28. The third-order valence-electron chi connectivity index (χ3n) is 5.27. The summed E-state index contributed by atoms with van der Waals surface area (Å²) in [5, 5.41) is 4.37. The van der Waals surface area contributed by atoms with Crippen LogP contribution in [0.3, 0.4) is 0 Å². The van der Waals surface area contributed by atoms with Crippen molar-refractivity contribution in [2.24, 2.45) is 0 Å². The fraction of sp³-hybridized carbons (Fsp3) is 0.417. The molecule has 0 unspecified atom stereocenters. The fourth-order valence-electron chi connectivity index (χ4n) is 3.78. The highest BCUT2D eigenvalue weighted by atomic mass is 35.5. The van der Waals surface area contributed by atoms with E-state index in [1.807, 2.05) is 30.3 Å². The van der Waals surface area contributed by atoms with Gasteiger partial charge in [-0.2, -0.15) is 0 Å². The van der Waals surface area contributed by atoms with Gasteiger partial charge in [-0.1, -0.05) is 46.9 Å². The van der Waals surface area contributed by atoms with Gasteiger partial charge in [-0.05, 0) is 63.6 Å². The van der Waals surface area contributed by atoms with E-state index >= 15 is 0 Å². The van der Waals surface area contributed by atoms with Crippen molar-refractivity contribution in [1.29, 1.82) is 0 Å². The van der Waals surface area contributed by atoms with Crippen LogP contribution in [-0.2, 0) is 9.53 Å². The number of hydrogen-bond acceptors (Lipinski definition) is 4. The normalized spacial score (nSPS) is 17.5. The second-order valence-electron chi connectivity index (χ2n) is 9.01. The highest BCUT2D eigenvalue weighted by molar-refractivity contribution is 6.36. The zero-order chi connectivity index (χ0) is 24.3. The fourth-order valence-corrected chi connectivity index (χ4v) is 4.42. The van der Waals surface area contributed by atoms with E-state index < -0.39 is 17.7 Å². The molecular formula is C24H28Cl3N3O3. The summed E-state index contributed by atoms with van der Waals surface area (Å²) in [5.41, 5.74) is 1.19. The Morgan fingerprint density at radius 3 is 2.27 bits per heavy atom. The third-order valence-corrected chi connectivity index (χ3v) is 6.06. The summed E-state index contributed by atoms with van der Waals surface area (Å²) in [6, 6.07) is 12.0. The molecule has 2 aromatic rings. The van der Waals surface area contributed by atoms with Crippen LogP contribution in [0.4, 0.5) is 10.5 Å². The Hall–Kier alpha value is -2.15. The number of carbonyl (C=O) groups excluding carboxylic acids is 2. The molecular weight excluding hydrogens is 485 g/mol. The van der Waals surface area contributed by atoms with Crippen LogP contribution in [-0.4, -0.2) is 48.2 Å². The molecule has 1 aliphatic heterocycles. The predicted molar refractivity (Wildman–Crippen MR) is 133 cm³/mol. The van der Waals surface area contributed by atoms with Gasteiger partial charge in [0.2, 0.25) is 5.91 Å². The van der Waals surface area contributed by atoms with Gasteiger partial charge in [0.05, 0.1) is 16.8 Å². The summed E-state index contributed by atoms with van der Waals surface area (Å²) in [5.74, 6) is -0.179. The molecule has 2 aromatic carbocycles. The monoisotopic (exact) mass is 511 g/mol. The minimum atomic E-state index is -0.726. The van der Waals surface area contributed by atoms with E-state index in [0.717, 1.165) is 11.3 Å². The van der Waals surface area contributed by atoms with Gasteiger partial charge >= 0.3 is 6.09 Å². The Morgan fingerprint density at radius 1 is 1.03 bits per heavy atom. The molecule has 178 valence electrons. The van der Waals surface area contributed by atoms with Gasteiger partial charge in [0, 0.05) is 29.7 Å². The zero-order valence-electron chi connectivity index (χ0n) is 19.1. The van der Waals surface area contributed by atoms with Crippen LogP contribution in [0.5, 0.6) is 0 Å². The quantitative estimate of drug-likeness (QED) is 0.550. The number of nitrogens with zero attached hydrogens (tertiary/aromatic N) is 2. The summed E-state index contributed by atoms with van der Waals surface area (Å²) in [4.78, 5) is 29.2. The van der Waals surface area contributed by atoms with Crippen LogP contribution >= 0.6 is 34.8 Å². The van der Waals surface area contributed by atoms with Crippen molar-refractivity contribution in [3.63, 3.8) is 0 Å². The van der Waals surface area contributed by atoms with E-state index in [0.29, 0.717) is 34.7 Å². The number of carbonyl (C=O) groups is 2. The molecule has 1 fully saturated rings.